The number of carbonyl (C=O) groups is 2. The van der Waals surface area contributed by atoms with Gasteiger partial charge >= 0.3 is 0 Å². The molecule has 32 heavy (non-hydrogen) atoms. The summed E-state index contributed by atoms with van der Waals surface area (Å²) in [5.74, 6) is -1.33. The molecule has 0 saturated heterocycles. The van der Waals surface area contributed by atoms with Gasteiger partial charge in [0, 0.05) is 11.5 Å². The summed E-state index contributed by atoms with van der Waals surface area (Å²) < 4.78 is 10.9. The van der Waals surface area contributed by atoms with Crippen LogP contribution in [-0.2, 0) is 10.4 Å². The third kappa shape index (κ3) is 2.69. The van der Waals surface area contributed by atoms with E-state index in [1.165, 1.54) is 0 Å². The molecule has 6 rings (SSSR count). The predicted octanol–water partition coefficient (Wildman–Crippen LogP) is 3.86. The standard InChI is InChI=1S/C26H21NO5/c28-24-17-8-4-5-9-19(17)27-25(29)23-22(24)18(15-6-2-1-3-7-15)13-26(23,30)16-10-11-20-21(12-16)32-14-31-20/h1-12,18,22-23,30H,13-14H2,(H,27,29). The monoisotopic (exact) mass is 427 g/mol. The van der Waals surface area contributed by atoms with Crippen molar-refractivity contribution in [3.63, 3.8) is 0 Å². The van der Waals surface area contributed by atoms with Gasteiger partial charge in [-0.2, -0.15) is 0 Å². The normalized spacial score (nSPS) is 28.0. The zero-order chi connectivity index (χ0) is 21.9. The van der Waals surface area contributed by atoms with Gasteiger partial charge in [-0.05, 0) is 47.7 Å². The average molecular weight is 427 g/mol. The molecule has 0 aromatic heterocycles. The van der Waals surface area contributed by atoms with Crippen LogP contribution >= 0.6 is 0 Å². The molecule has 4 unspecified atom stereocenters. The number of hydrogen-bond acceptors (Lipinski definition) is 5. The second kappa shape index (κ2) is 6.93. The smallest absolute Gasteiger partial charge is 0.231 e. The van der Waals surface area contributed by atoms with Gasteiger partial charge in [-0.3, -0.25) is 9.59 Å². The van der Waals surface area contributed by atoms with Crippen molar-refractivity contribution in [2.45, 2.75) is 17.9 Å². The van der Waals surface area contributed by atoms with E-state index in [1.54, 1.807) is 42.5 Å². The second-order valence-electron chi connectivity index (χ2n) is 8.62. The minimum atomic E-state index is -1.55. The molecule has 1 saturated carbocycles. The van der Waals surface area contributed by atoms with Crippen LogP contribution in [0, 0.1) is 11.8 Å². The molecule has 0 bridgehead atoms. The molecule has 3 aromatic rings. The Bertz CT molecular complexity index is 1240. The Morgan fingerprint density at radius 1 is 0.906 bits per heavy atom. The topological polar surface area (TPSA) is 84.9 Å². The number of para-hydroxylation sites is 1. The number of carbonyl (C=O) groups excluding carboxylic acids is 2. The van der Waals surface area contributed by atoms with Crippen LogP contribution in [0.3, 0.4) is 0 Å². The number of anilines is 1. The Labute approximate surface area is 184 Å². The Morgan fingerprint density at radius 2 is 1.66 bits per heavy atom. The molecule has 3 aromatic carbocycles. The SMILES string of the molecule is O=C1c2ccccc2NC(=O)C2C1C(c1ccccc1)CC2(O)c1ccc2c(c1)OCO2. The van der Waals surface area contributed by atoms with Crippen LogP contribution < -0.4 is 14.8 Å². The van der Waals surface area contributed by atoms with Crippen molar-refractivity contribution in [1.82, 2.24) is 0 Å². The van der Waals surface area contributed by atoms with Crippen molar-refractivity contribution in [2.24, 2.45) is 11.8 Å². The van der Waals surface area contributed by atoms with E-state index in [9.17, 15) is 14.7 Å². The first kappa shape index (κ1) is 19.1. The maximum absolute atomic E-state index is 13.8. The van der Waals surface area contributed by atoms with E-state index in [-0.39, 0.29) is 30.8 Å². The summed E-state index contributed by atoms with van der Waals surface area (Å²) in [6.45, 7) is 0.115. The molecule has 0 radical (unpaired) electrons. The van der Waals surface area contributed by atoms with Crippen LogP contribution in [0.5, 0.6) is 11.5 Å². The molecule has 3 aliphatic rings. The number of Topliss-reactive ketones (excluding diaryl/α,β-unsaturated/α-hetero) is 1. The lowest BCUT2D eigenvalue weighted by molar-refractivity contribution is -0.129. The van der Waals surface area contributed by atoms with Gasteiger partial charge in [0.25, 0.3) is 0 Å². The van der Waals surface area contributed by atoms with Crippen LogP contribution in [-0.4, -0.2) is 23.6 Å². The molecule has 2 N–H and O–H groups in total. The molecule has 1 fully saturated rings. The summed E-state index contributed by atoms with van der Waals surface area (Å²) in [6, 6.07) is 21.9. The number of ether oxygens (including phenoxy) is 2. The molecule has 4 atom stereocenters. The Kier molecular flexibility index (Phi) is 4.13. The summed E-state index contributed by atoms with van der Waals surface area (Å²) in [5, 5.41) is 15.0. The van der Waals surface area contributed by atoms with Crippen molar-refractivity contribution in [2.75, 3.05) is 12.1 Å². The van der Waals surface area contributed by atoms with E-state index < -0.39 is 17.4 Å². The highest BCUT2D eigenvalue weighted by atomic mass is 16.7. The van der Waals surface area contributed by atoms with Gasteiger partial charge in [-0.15, -0.1) is 0 Å². The maximum Gasteiger partial charge on any atom is 0.231 e. The third-order valence-electron chi connectivity index (χ3n) is 6.97. The fraction of sp³-hybridized carbons (Fsp3) is 0.231. The van der Waals surface area contributed by atoms with E-state index in [1.807, 2.05) is 30.3 Å². The number of aliphatic hydroxyl groups is 1. The van der Waals surface area contributed by atoms with E-state index in [0.29, 0.717) is 28.3 Å². The van der Waals surface area contributed by atoms with Crippen molar-refractivity contribution in [3.8, 4) is 11.5 Å². The average Bonchev–Trinajstić information content (AvgIpc) is 3.39. The largest absolute Gasteiger partial charge is 0.454 e. The number of hydrogen-bond donors (Lipinski definition) is 2. The first-order valence-electron chi connectivity index (χ1n) is 10.7. The second-order valence-corrected chi connectivity index (χ2v) is 8.62. The lowest BCUT2D eigenvalue weighted by Crippen LogP contribution is -2.41. The summed E-state index contributed by atoms with van der Waals surface area (Å²) in [5.41, 5.74) is 0.887. The molecular formula is C26H21NO5. The van der Waals surface area contributed by atoms with Gasteiger partial charge in [-0.1, -0.05) is 48.5 Å². The number of fused-ring (bicyclic) bond motifs is 3. The minimum absolute atomic E-state index is 0.115. The van der Waals surface area contributed by atoms with Crippen LogP contribution in [0.25, 0.3) is 0 Å². The summed E-state index contributed by atoms with van der Waals surface area (Å²) >= 11 is 0. The van der Waals surface area contributed by atoms with Crippen molar-refractivity contribution < 1.29 is 24.2 Å². The van der Waals surface area contributed by atoms with Gasteiger partial charge < -0.3 is 19.9 Å². The summed E-state index contributed by atoms with van der Waals surface area (Å²) in [6.07, 6.45) is 0.243. The highest BCUT2D eigenvalue weighted by Gasteiger charge is 2.60. The van der Waals surface area contributed by atoms with Gasteiger partial charge in [0.15, 0.2) is 17.3 Å². The van der Waals surface area contributed by atoms with Crippen LogP contribution in [0.2, 0.25) is 0 Å². The first-order valence-corrected chi connectivity index (χ1v) is 10.7. The molecule has 2 heterocycles. The summed E-state index contributed by atoms with van der Waals surface area (Å²) in [4.78, 5) is 27.3. The highest BCUT2D eigenvalue weighted by Crippen LogP contribution is 2.57. The number of rotatable bonds is 2. The third-order valence-corrected chi connectivity index (χ3v) is 6.97. The molecule has 1 amide bonds. The maximum atomic E-state index is 13.8. The summed E-state index contributed by atoms with van der Waals surface area (Å²) in [7, 11) is 0. The number of ketones is 1. The van der Waals surface area contributed by atoms with Crippen LogP contribution in [0.4, 0.5) is 5.69 Å². The predicted molar refractivity (Wildman–Crippen MR) is 117 cm³/mol. The van der Waals surface area contributed by atoms with Crippen LogP contribution in [0.1, 0.15) is 33.8 Å². The molecular weight excluding hydrogens is 406 g/mol. The molecule has 6 heteroatoms. The highest BCUT2D eigenvalue weighted by molar-refractivity contribution is 6.12. The van der Waals surface area contributed by atoms with E-state index in [0.717, 1.165) is 5.56 Å². The molecule has 2 aliphatic heterocycles. The minimum Gasteiger partial charge on any atom is -0.454 e. The van der Waals surface area contributed by atoms with Crippen LogP contribution in [0.15, 0.2) is 72.8 Å². The first-order chi connectivity index (χ1) is 15.6. The van der Waals surface area contributed by atoms with Crippen molar-refractivity contribution in [1.29, 1.82) is 0 Å². The van der Waals surface area contributed by atoms with Gasteiger partial charge in [0.1, 0.15) is 5.60 Å². The fourth-order valence-corrected chi connectivity index (χ4v) is 5.52. The van der Waals surface area contributed by atoms with Crippen molar-refractivity contribution in [3.05, 3.63) is 89.5 Å². The zero-order valence-electron chi connectivity index (χ0n) is 17.2. The number of amides is 1. The Hall–Kier alpha value is -3.64. The van der Waals surface area contributed by atoms with Gasteiger partial charge in [0.2, 0.25) is 12.7 Å². The Morgan fingerprint density at radius 3 is 2.50 bits per heavy atom. The lowest BCUT2D eigenvalue weighted by atomic mass is 9.77. The van der Waals surface area contributed by atoms with E-state index in [2.05, 4.69) is 5.32 Å². The molecule has 160 valence electrons. The quantitative estimate of drug-likeness (QED) is 0.649. The number of benzene rings is 3. The Balaban J connectivity index is 1.54. The zero-order valence-corrected chi connectivity index (χ0v) is 17.2. The lowest BCUT2D eigenvalue weighted by Gasteiger charge is -2.30. The fourth-order valence-electron chi connectivity index (χ4n) is 5.52. The van der Waals surface area contributed by atoms with E-state index in [4.69, 9.17) is 9.47 Å². The molecule has 1 aliphatic carbocycles. The van der Waals surface area contributed by atoms with Crippen molar-refractivity contribution >= 4 is 17.4 Å². The van der Waals surface area contributed by atoms with Gasteiger partial charge in [0.05, 0.1) is 11.6 Å². The molecule has 0 spiro atoms. The van der Waals surface area contributed by atoms with Gasteiger partial charge in [-0.25, -0.2) is 0 Å². The number of nitrogens with one attached hydrogen (secondary N) is 1. The molecule has 6 nitrogen and oxygen atoms in total. The van der Waals surface area contributed by atoms with E-state index >= 15 is 0 Å².